The van der Waals surface area contributed by atoms with E-state index in [1.807, 2.05) is 4.90 Å². The van der Waals surface area contributed by atoms with Crippen molar-refractivity contribution in [1.82, 2.24) is 9.80 Å². The van der Waals surface area contributed by atoms with Crippen LogP contribution in [0.2, 0.25) is 0 Å². The van der Waals surface area contributed by atoms with Crippen LogP contribution in [0.4, 0.5) is 37.7 Å². The number of furan rings is 1. The molecule has 1 atom stereocenters. The molecule has 5 rings (SSSR count). The monoisotopic (exact) mass is 644 g/mol. The molecule has 1 aliphatic heterocycles. The van der Waals surface area contributed by atoms with Gasteiger partial charge in [0.25, 0.3) is 5.69 Å². The first kappa shape index (κ1) is 32.5. The molecule has 10 nitrogen and oxygen atoms in total. The van der Waals surface area contributed by atoms with Gasteiger partial charge in [-0.2, -0.15) is 13.2 Å². The number of hydrogen-bond acceptors (Lipinski definition) is 9. The molecule has 1 unspecified atom stereocenters. The maximum Gasteiger partial charge on any atom is 0.573 e. The van der Waals surface area contributed by atoms with Crippen LogP contribution in [0.1, 0.15) is 37.0 Å². The Morgan fingerprint density at radius 1 is 1.00 bits per heavy atom. The molecule has 1 N–H and O–H groups in total. The number of piperazine rings is 1. The molecule has 45 heavy (non-hydrogen) atoms. The predicted octanol–water partition coefficient (Wildman–Crippen LogP) is 6.34. The number of nitrogens with one attached hydrogen (secondary N) is 1. The molecular weight excluding hydrogens is 614 g/mol. The molecule has 0 radical (unpaired) electrons. The molecule has 1 aromatic heterocycles. The first-order chi connectivity index (χ1) is 21.3. The Morgan fingerprint density at radius 3 is 2.33 bits per heavy atom. The molecule has 244 valence electrons. The van der Waals surface area contributed by atoms with Crippen molar-refractivity contribution in [3.05, 3.63) is 63.9 Å². The van der Waals surface area contributed by atoms with E-state index >= 15 is 0 Å². The summed E-state index contributed by atoms with van der Waals surface area (Å²) in [7, 11) is 0. The summed E-state index contributed by atoms with van der Waals surface area (Å²) in [4.78, 5) is 25.9. The smallest absolute Gasteiger partial charge is 0.460 e. The lowest BCUT2D eigenvalue weighted by Crippen LogP contribution is -2.52. The Balaban J connectivity index is 1.08. The maximum atomic E-state index is 13.3. The normalized spacial score (nSPS) is 21.0. The van der Waals surface area contributed by atoms with Crippen molar-refractivity contribution >= 4 is 28.6 Å². The van der Waals surface area contributed by atoms with Gasteiger partial charge in [-0.3, -0.25) is 24.7 Å². The van der Waals surface area contributed by atoms with Gasteiger partial charge in [-0.1, -0.05) is 0 Å². The third kappa shape index (κ3) is 8.43. The minimum Gasteiger partial charge on any atom is -0.460 e. The summed E-state index contributed by atoms with van der Waals surface area (Å²) in [6.07, 6.45) is -7.60. The minimum atomic E-state index is -4.86. The largest absolute Gasteiger partial charge is 0.573 e. The third-order valence-electron chi connectivity index (χ3n) is 7.91. The molecule has 0 spiro atoms. The fourth-order valence-corrected chi connectivity index (χ4v) is 5.74. The Morgan fingerprint density at radius 2 is 1.71 bits per heavy atom. The quantitative estimate of drug-likeness (QED) is 0.117. The van der Waals surface area contributed by atoms with E-state index in [0.29, 0.717) is 75.1 Å². The van der Waals surface area contributed by atoms with Gasteiger partial charge in [-0.05, 0) is 62.1 Å². The fourth-order valence-electron chi connectivity index (χ4n) is 5.74. The second-order valence-corrected chi connectivity index (χ2v) is 11.0. The Hall–Kier alpha value is -3.89. The summed E-state index contributed by atoms with van der Waals surface area (Å²) in [5, 5.41) is 14.5. The van der Waals surface area contributed by atoms with Crippen LogP contribution >= 0.6 is 0 Å². The van der Waals surface area contributed by atoms with Gasteiger partial charge >= 0.3 is 12.5 Å². The molecule has 2 heterocycles. The number of nitro groups is 1. The van der Waals surface area contributed by atoms with Crippen LogP contribution in [0.25, 0.3) is 11.0 Å². The topological polar surface area (TPSA) is 110 Å². The second kappa shape index (κ2) is 13.2. The van der Waals surface area contributed by atoms with Gasteiger partial charge < -0.3 is 19.2 Å². The summed E-state index contributed by atoms with van der Waals surface area (Å²) in [6, 6.07) is 8.25. The molecular formula is C29H30F6N4O6. The molecule has 16 heteroatoms. The molecule has 1 saturated carbocycles. The van der Waals surface area contributed by atoms with E-state index in [9.17, 15) is 41.3 Å². The van der Waals surface area contributed by atoms with Crippen LogP contribution < -0.4 is 10.1 Å². The number of hydrogen-bond donors (Lipinski definition) is 1. The van der Waals surface area contributed by atoms with Gasteiger partial charge in [0, 0.05) is 49.4 Å². The van der Waals surface area contributed by atoms with Crippen molar-refractivity contribution < 1.29 is 50.0 Å². The number of anilines is 1. The van der Waals surface area contributed by atoms with E-state index in [-0.39, 0.29) is 23.6 Å². The first-order valence-electron chi connectivity index (χ1n) is 14.2. The number of benzene rings is 2. The molecule has 1 saturated heterocycles. The zero-order chi connectivity index (χ0) is 32.4. The number of nitrogens with zero attached hydrogens (tertiary/aromatic N) is 3. The summed E-state index contributed by atoms with van der Waals surface area (Å²) < 4.78 is 93.4. The van der Waals surface area contributed by atoms with E-state index < -0.39 is 34.9 Å². The molecule has 1 aliphatic carbocycles. The van der Waals surface area contributed by atoms with Gasteiger partial charge in [0.05, 0.1) is 17.6 Å². The van der Waals surface area contributed by atoms with E-state index in [0.717, 1.165) is 18.4 Å². The number of carbonyl (C=O) groups is 1. The highest BCUT2D eigenvalue weighted by Gasteiger charge is 2.39. The summed E-state index contributed by atoms with van der Waals surface area (Å²) in [5.41, 5.74) is -1.73. The van der Waals surface area contributed by atoms with Crippen LogP contribution in [0.5, 0.6) is 5.75 Å². The third-order valence-corrected chi connectivity index (χ3v) is 7.91. The number of halogens is 6. The Kier molecular flexibility index (Phi) is 9.55. The zero-order valence-corrected chi connectivity index (χ0v) is 23.8. The lowest BCUT2D eigenvalue weighted by Gasteiger charge is -2.39. The number of ether oxygens (including phenoxy) is 2. The SMILES string of the molecule is O=CC(OC1CCC(Nc2ccc([N+](=O)[O-])c(C(F)(F)F)c2)CC1)N1CCN(Cc2cc3cc(OC(F)(F)F)ccc3o2)CC1. The van der Waals surface area contributed by atoms with Crippen LogP contribution in [0, 0.1) is 10.1 Å². The average molecular weight is 645 g/mol. The molecule has 0 bridgehead atoms. The maximum absolute atomic E-state index is 13.3. The summed E-state index contributed by atoms with van der Waals surface area (Å²) >= 11 is 0. The van der Waals surface area contributed by atoms with Crippen molar-refractivity contribution in [2.45, 2.75) is 63.1 Å². The standard InChI is InChI=1S/C29H30F6N4O6/c30-28(31,32)24-15-20(3-7-25(24)39(41)42)36-19-1-4-21(5-2-19)44-27(17-40)38-11-9-37(10-12-38)16-23-14-18-13-22(45-29(33,34)35)6-8-26(18)43-23/h3,6-8,13-15,17,19,21,27,36H,1-2,4-5,9-12,16H2. The summed E-state index contributed by atoms with van der Waals surface area (Å²) in [5.74, 6) is 0.254. The highest BCUT2D eigenvalue weighted by molar-refractivity contribution is 5.79. The number of nitro benzene ring substituents is 1. The van der Waals surface area contributed by atoms with Crippen molar-refractivity contribution in [2.24, 2.45) is 0 Å². The number of aldehydes is 1. The Labute approximate surface area is 253 Å². The van der Waals surface area contributed by atoms with Gasteiger partial charge in [-0.15, -0.1) is 13.2 Å². The predicted molar refractivity (Wildman–Crippen MR) is 148 cm³/mol. The van der Waals surface area contributed by atoms with E-state index in [2.05, 4.69) is 15.0 Å². The van der Waals surface area contributed by atoms with E-state index in [4.69, 9.17) is 9.15 Å². The van der Waals surface area contributed by atoms with E-state index in [1.165, 1.54) is 24.3 Å². The number of fused-ring (bicyclic) bond motifs is 1. The average Bonchev–Trinajstić information content (AvgIpc) is 3.37. The molecule has 2 aromatic carbocycles. The summed E-state index contributed by atoms with van der Waals surface area (Å²) in [6.45, 7) is 2.69. The van der Waals surface area contributed by atoms with E-state index in [1.54, 1.807) is 6.07 Å². The van der Waals surface area contributed by atoms with Gasteiger partial charge in [0.2, 0.25) is 0 Å². The molecule has 3 aromatic rings. The number of rotatable bonds is 10. The highest BCUT2D eigenvalue weighted by atomic mass is 19.4. The van der Waals surface area contributed by atoms with Crippen molar-refractivity contribution in [3.8, 4) is 5.75 Å². The van der Waals surface area contributed by atoms with Gasteiger partial charge in [0.15, 0.2) is 12.5 Å². The van der Waals surface area contributed by atoms with Crippen molar-refractivity contribution in [2.75, 3.05) is 31.5 Å². The molecule has 2 aliphatic rings. The lowest BCUT2D eigenvalue weighted by atomic mass is 9.92. The van der Waals surface area contributed by atoms with Crippen LogP contribution in [0.15, 0.2) is 46.9 Å². The molecule has 2 fully saturated rings. The zero-order valence-electron chi connectivity index (χ0n) is 23.8. The van der Waals surface area contributed by atoms with Gasteiger partial charge in [-0.25, -0.2) is 0 Å². The Bertz CT molecular complexity index is 1500. The van der Waals surface area contributed by atoms with Crippen LogP contribution in [-0.2, 0) is 22.3 Å². The van der Waals surface area contributed by atoms with Gasteiger partial charge in [0.1, 0.15) is 22.7 Å². The second-order valence-electron chi connectivity index (χ2n) is 11.0. The number of alkyl halides is 6. The van der Waals surface area contributed by atoms with Crippen molar-refractivity contribution in [1.29, 1.82) is 0 Å². The van der Waals surface area contributed by atoms with Crippen LogP contribution in [-0.4, -0.2) is 71.9 Å². The fraction of sp³-hybridized carbons (Fsp3) is 0.483. The number of carbonyl (C=O) groups excluding carboxylic acids is 1. The highest BCUT2D eigenvalue weighted by Crippen LogP contribution is 2.38. The molecule has 0 amide bonds. The van der Waals surface area contributed by atoms with Crippen LogP contribution in [0.3, 0.4) is 0 Å². The lowest BCUT2D eigenvalue weighted by molar-refractivity contribution is -0.388. The van der Waals surface area contributed by atoms with Crippen molar-refractivity contribution in [3.63, 3.8) is 0 Å². The minimum absolute atomic E-state index is 0.142. The first-order valence-corrected chi connectivity index (χ1v) is 14.2.